The van der Waals surface area contributed by atoms with Gasteiger partial charge >= 0.3 is 0 Å². The Morgan fingerprint density at radius 3 is 2.61 bits per heavy atom. The van der Waals surface area contributed by atoms with Crippen LogP contribution in [0.1, 0.15) is 32.8 Å². The molecule has 1 aromatic rings. The van der Waals surface area contributed by atoms with Gasteiger partial charge in [-0.2, -0.15) is 0 Å². The lowest BCUT2D eigenvalue weighted by Crippen LogP contribution is -2.26. The summed E-state index contributed by atoms with van der Waals surface area (Å²) in [4.78, 5) is 0. The highest BCUT2D eigenvalue weighted by Gasteiger charge is 2.15. The molecule has 1 aromatic carbocycles. The summed E-state index contributed by atoms with van der Waals surface area (Å²) in [6.45, 7) is 8.15. The van der Waals surface area contributed by atoms with E-state index in [-0.39, 0.29) is 5.41 Å². The van der Waals surface area contributed by atoms with E-state index >= 15 is 0 Å². The van der Waals surface area contributed by atoms with Gasteiger partial charge in [0.2, 0.25) is 0 Å². The van der Waals surface area contributed by atoms with Crippen LogP contribution >= 0.6 is 0 Å². The van der Waals surface area contributed by atoms with E-state index in [1.165, 1.54) is 5.56 Å². The molecule has 0 amide bonds. The second-order valence-electron chi connectivity index (χ2n) is 5.43. The van der Waals surface area contributed by atoms with Crippen molar-refractivity contribution in [3.63, 3.8) is 0 Å². The lowest BCUT2D eigenvalue weighted by atomic mass is 9.90. The van der Waals surface area contributed by atoms with Crippen LogP contribution in [-0.4, -0.2) is 20.2 Å². The fourth-order valence-electron chi connectivity index (χ4n) is 1.75. The van der Waals surface area contributed by atoms with Crippen molar-refractivity contribution < 1.29 is 4.74 Å². The zero-order valence-corrected chi connectivity index (χ0v) is 12.0. The maximum Gasteiger partial charge on any atom is 0.141 e. The van der Waals surface area contributed by atoms with Crippen LogP contribution in [0.2, 0.25) is 0 Å². The minimum Gasteiger partial charge on any atom is -0.495 e. The predicted octanol–water partition coefficient (Wildman–Crippen LogP) is 3.04. The smallest absolute Gasteiger partial charge is 0.141 e. The average Bonchev–Trinajstić information content (AvgIpc) is 2.38. The van der Waals surface area contributed by atoms with Crippen LogP contribution < -0.4 is 15.8 Å². The first-order chi connectivity index (χ1) is 8.52. The molecule has 102 valence electrons. The summed E-state index contributed by atoms with van der Waals surface area (Å²) in [5.74, 6) is 0.901. The molecule has 0 aliphatic heterocycles. The summed E-state index contributed by atoms with van der Waals surface area (Å²) in [5, 5.41) is 3.45. The second kappa shape index (κ2) is 6.64. The van der Waals surface area contributed by atoms with Crippen molar-refractivity contribution >= 4 is 5.69 Å². The minimum atomic E-state index is 0.183. The molecule has 0 bridgehead atoms. The largest absolute Gasteiger partial charge is 0.495 e. The zero-order valence-electron chi connectivity index (χ0n) is 12.0. The molecule has 0 aromatic heterocycles. The van der Waals surface area contributed by atoms with E-state index in [0.29, 0.717) is 6.54 Å². The van der Waals surface area contributed by atoms with E-state index in [1.807, 2.05) is 6.07 Å². The van der Waals surface area contributed by atoms with E-state index in [4.69, 9.17) is 10.5 Å². The van der Waals surface area contributed by atoms with Crippen LogP contribution in [0.25, 0.3) is 0 Å². The van der Waals surface area contributed by atoms with Crippen molar-refractivity contribution in [1.29, 1.82) is 0 Å². The number of nitrogens with two attached hydrogens (primary N) is 1. The third-order valence-electron chi connectivity index (χ3n) is 3.34. The number of aryl methyl sites for hydroxylation is 1. The number of hydrogen-bond acceptors (Lipinski definition) is 3. The maximum atomic E-state index is 5.73. The van der Waals surface area contributed by atoms with Crippen molar-refractivity contribution in [2.24, 2.45) is 11.1 Å². The minimum absolute atomic E-state index is 0.183. The van der Waals surface area contributed by atoms with Crippen LogP contribution in [0.5, 0.6) is 5.75 Å². The van der Waals surface area contributed by atoms with E-state index < -0.39 is 0 Å². The number of nitrogens with one attached hydrogen (secondary N) is 1. The molecule has 3 N–H and O–H groups in total. The van der Waals surface area contributed by atoms with Gasteiger partial charge in [-0.15, -0.1) is 0 Å². The van der Waals surface area contributed by atoms with Crippen molar-refractivity contribution in [3.8, 4) is 5.75 Å². The molecule has 0 saturated carbocycles. The number of rotatable bonds is 7. The molecule has 18 heavy (non-hydrogen) atoms. The molecule has 3 nitrogen and oxygen atoms in total. The Morgan fingerprint density at radius 2 is 2.06 bits per heavy atom. The number of methoxy groups -OCH3 is 1. The van der Waals surface area contributed by atoms with Gasteiger partial charge in [0, 0.05) is 6.54 Å². The number of ether oxygens (including phenoxy) is 1. The van der Waals surface area contributed by atoms with Crippen molar-refractivity contribution in [2.45, 2.75) is 33.6 Å². The molecule has 0 aliphatic carbocycles. The molecule has 0 heterocycles. The molecule has 0 spiro atoms. The van der Waals surface area contributed by atoms with Crippen LogP contribution in [0.3, 0.4) is 0 Å². The van der Waals surface area contributed by atoms with Crippen LogP contribution in [0, 0.1) is 5.41 Å². The van der Waals surface area contributed by atoms with Gasteiger partial charge in [0.15, 0.2) is 0 Å². The summed E-state index contributed by atoms with van der Waals surface area (Å²) in [7, 11) is 1.70. The first-order valence-electron chi connectivity index (χ1n) is 6.63. The average molecular weight is 250 g/mol. The van der Waals surface area contributed by atoms with Gasteiger partial charge in [0.1, 0.15) is 5.75 Å². The molecule has 0 fully saturated rings. The van der Waals surface area contributed by atoms with Gasteiger partial charge in [-0.3, -0.25) is 0 Å². The van der Waals surface area contributed by atoms with E-state index in [1.54, 1.807) is 7.11 Å². The van der Waals surface area contributed by atoms with Crippen LogP contribution in [0.4, 0.5) is 5.69 Å². The third kappa shape index (κ3) is 4.22. The molecular formula is C15H26N2O. The first kappa shape index (κ1) is 14.8. The van der Waals surface area contributed by atoms with E-state index in [9.17, 15) is 0 Å². The fraction of sp³-hybridized carbons (Fsp3) is 0.600. The molecule has 1 rings (SSSR count). The Morgan fingerprint density at radius 1 is 1.33 bits per heavy atom. The molecule has 0 atom stereocenters. The Kier molecular flexibility index (Phi) is 5.48. The quantitative estimate of drug-likeness (QED) is 0.782. The standard InChI is InChI=1S/C15H26N2O/c1-5-12-6-7-14(18-4)13(10-12)17-9-8-15(2,3)11-16/h6-7,10,17H,5,8-9,11,16H2,1-4H3. The molecular weight excluding hydrogens is 224 g/mol. The van der Waals surface area contributed by atoms with Gasteiger partial charge in [0.25, 0.3) is 0 Å². The lowest BCUT2D eigenvalue weighted by molar-refractivity contribution is 0.357. The number of hydrogen-bond donors (Lipinski definition) is 2. The molecule has 0 aliphatic rings. The molecule has 3 heteroatoms. The van der Waals surface area contributed by atoms with Gasteiger partial charge in [-0.05, 0) is 42.5 Å². The summed E-state index contributed by atoms with van der Waals surface area (Å²) < 4.78 is 5.37. The number of anilines is 1. The van der Waals surface area contributed by atoms with Crippen LogP contribution in [-0.2, 0) is 6.42 Å². The number of benzene rings is 1. The normalized spacial score (nSPS) is 11.4. The highest BCUT2D eigenvalue weighted by atomic mass is 16.5. The van der Waals surface area contributed by atoms with Gasteiger partial charge in [0.05, 0.1) is 12.8 Å². The third-order valence-corrected chi connectivity index (χ3v) is 3.34. The van der Waals surface area contributed by atoms with Gasteiger partial charge < -0.3 is 15.8 Å². The van der Waals surface area contributed by atoms with Crippen molar-refractivity contribution in [1.82, 2.24) is 0 Å². The molecule has 0 radical (unpaired) electrons. The summed E-state index contributed by atoms with van der Waals surface area (Å²) >= 11 is 0. The Bertz CT molecular complexity index is 375. The van der Waals surface area contributed by atoms with Gasteiger partial charge in [-0.1, -0.05) is 26.8 Å². The van der Waals surface area contributed by atoms with Gasteiger partial charge in [-0.25, -0.2) is 0 Å². The molecule has 0 saturated heterocycles. The fourth-order valence-corrected chi connectivity index (χ4v) is 1.75. The van der Waals surface area contributed by atoms with Crippen molar-refractivity contribution in [3.05, 3.63) is 23.8 Å². The highest BCUT2D eigenvalue weighted by Crippen LogP contribution is 2.26. The Balaban J connectivity index is 2.65. The Labute approximate surface area is 111 Å². The SMILES string of the molecule is CCc1ccc(OC)c(NCCC(C)(C)CN)c1. The second-order valence-corrected chi connectivity index (χ2v) is 5.43. The first-order valence-corrected chi connectivity index (χ1v) is 6.63. The van der Waals surface area contributed by atoms with E-state index in [2.05, 4.69) is 38.2 Å². The summed E-state index contributed by atoms with van der Waals surface area (Å²) in [5.41, 5.74) is 8.31. The Hall–Kier alpha value is -1.22. The van der Waals surface area contributed by atoms with Crippen molar-refractivity contribution in [2.75, 3.05) is 25.5 Å². The summed E-state index contributed by atoms with van der Waals surface area (Å²) in [6.07, 6.45) is 2.08. The topological polar surface area (TPSA) is 47.3 Å². The zero-order chi connectivity index (χ0) is 13.6. The van der Waals surface area contributed by atoms with Crippen LogP contribution in [0.15, 0.2) is 18.2 Å². The van der Waals surface area contributed by atoms with E-state index in [0.717, 1.165) is 30.8 Å². The predicted molar refractivity (Wildman–Crippen MR) is 78.3 cm³/mol. The highest BCUT2D eigenvalue weighted by molar-refractivity contribution is 5.58. The summed E-state index contributed by atoms with van der Waals surface area (Å²) in [6, 6.07) is 6.29. The molecule has 0 unspecified atom stereocenters. The monoisotopic (exact) mass is 250 g/mol. The lowest BCUT2D eigenvalue weighted by Gasteiger charge is -2.23. The maximum absolute atomic E-state index is 5.73.